The molecule has 1 aliphatic heterocycles. The first-order valence-electron chi connectivity index (χ1n) is 7.44. The van der Waals surface area contributed by atoms with Gasteiger partial charge in [-0.2, -0.15) is 38.4 Å². The zero-order chi connectivity index (χ0) is 20.1. The van der Waals surface area contributed by atoms with Gasteiger partial charge in [0, 0.05) is 20.1 Å². The Bertz CT molecular complexity index is 840. The van der Waals surface area contributed by atoms with E-state index in [9.17, 15) is 34.8 Å². The molecule has 0 N–H and O–H groups in total. The molecule has 0 radical (unpaired) electrons. The fourth-order valence-corrected chi connectivity index (χ4v) is 7.17. The van der Waals surface area contributed by atoms with E-state index in [4.69, 9.17) is 0 Å². The Morgan fingerprint density at radius 2 is 1.69 bits per heavy atom. The summed E-state index contributed by atoms with van der Waals surface area (Å²) in [6, 6.07) is 3.98. The van der Waals surface area contributed by atoms with Gasteiger partial charge in [0.05, 0.1) is 0 Å². The Morgan fingerprint density at radius 1 is 1.12 bits per heavy atom. The van der Waals surface area contributed by atoms with Crippen LogP contribution in [0.3, 0.4) is 0 Å². The molecule has 148 valence electrons. The van der Waals surface area contributed by atoms with Crippen LogP contribution in [0.25, 0.3) is 6.08 Å². The second kappa shape index (κ2) is 6.45. The summed E-state index contributed by atoms with van der Waals surface area (Å²) < 4.78 is 107. The molecule has 1 aromatic carbocycles. The molecule has 0 saturated heterocycles. The van der Waals surface area contributed by atoms with E-state index in [1.807, 2.05) is 0 Å². The van der Waals surface area contributed by atoms with Gasteiger partial charge >= 0.3 is 21.1 Å². The molecular weight excluding hydrogens is 406 g/mol. The van der Waals surface area contributed by atoms with Gasteiger partial charge in [0.25, 0.3) is 0 Å². The summed E-state index contributed by atoms with van der Waals surface area (Å²) in [7, 11) is -11.3. The predicted molar refractivity (Wildman–Crippen MR) is 86.8 cm³/mol. The van der Waals surface area contributed by atoms with Gasteiger partial charge in [0.15, 0.2) is 0 Å². The first kappa shape index (κ1) is 21.1. The minimum absolute atomic E-state index is 0.0101. The molecule has 11 heteroatoms. The van der Waals surface area contributed by atoms with Gasteiger partial charge in [0.2, 0.25) is 0 Å². The van der Waals surface area contributed by atoms with E-state index in [1.54, 1.807) is 19.9 Å². The number of allylic oxidation sites excluding steroid dienone is 1. The van der Waals surface area contributed by atoms with Crippen molar-refractivity contribution in [1.82, 2.24) is 0 Å². The Morgan fingerprint density at radius 3 is 2.12 bits per heavy atom. The average Bonchev–Trinajstić information content (AvgIpc) is 2.79. The fraction of sp³-hybridized carbons (Fsp3) is 0.467. The van der Waals surface area contributed by atoms with E-state index in [0.29, 0.717) is 5.56 Å². The number of rotatable bonds is 4. The highest BCUT2D eigenvalue weighted by Crippen LogP contribution is 2.78. The van der Waals surface area contributed by atoms with Crippen LogP contribution in [-0.2, 0) is 13.7 Å². The predicted octanol–water partition coefficient (Wildman–Crippen LogP) is 6.04. The maximum atomic E-state index is 14.0. The van der Waals surface area contributed by atoms with Crippen LogP contribution in [0.4, 0.5) is 26.3 Å². The smallest absolute Gasteiger partial charge is 0.196 e. The third kappa shape index (κ3) is 3.24. The topological polar surface area (TPSA) is 43.4 Å². The Labute approximate surface area is 148 Å². The van der Waals surface area contributed by atoms with E-state index in [0.717, 1.165) is 12.1 Å². The molecular formula is C15H16F6O3S2. The first-order chi connectivity index (χ1) is 11.7. The lowest BCUT2D eigenvalue weighted by molar-refractivity contribution is -0.0546. The van der Waals surface area contributed by atoms with E-state index >= 15 is 0 Å². The maximum absolute atomic E-state index is 14.0. The second-order valence-electron chi connectivity index (χ2n) is 5.89. The molecule has 0 saturated carbocycles. The third-order valence-corrected chi connectivity index (χ3v) is 8.72. The highest BCUT2D eigenvalue weighted by Gasteiger charge is 2.63. The standard InChI is InChI=1S/C15H16F6O3S2/c1-4-12-7-11-6-5-10(9(2)3)8-13(11)25(12,14(16,17)18)24-26(22,23)15(19,20)21/h5-9H,4H2,1-3H3. The van der Waals surface area contributed by atoms with Crippen LogP contribution in [0.5, 0.6) is 0 Å². The van der Waals surface area contributed by atoms with Crippen LogP contribution < -0.4 is 0 Å². The Kier molecular flexibility index (Phi) is 5.23. The van der Waals surface area contributed by atoms with Gasteiger partial charge in [-0.3, -0.25) is 0 Å². The molecule has 1 atom stereocenters. The highest BCUT2D eigenvalue weighted by molar-refractivity contribution is 8.37. The van der Waals surface area contributed by atoms with Crippen LogP contribution in [0.1, 0.15) is 44.2 Å². The summed E-state index contributed by atoms with van der Waals surface area (Å²) in [6.45, 7) is 4.70. The highest BCUT2D eigenvalue weighted by atomic mass is 32.3. The number of benzene rings is 1. The van der Waals surface area contributed by atoms with Crippen molar-refractivity contribution in [3.8, 4) is 0 Å². The lowest BCUT2D eigenvalue weighted by Gasteiger charge is -2.39. The molecule has 1 aromatic rings. The fourth-order valence-electron chi connectivity index (χ4n) is 2.55. The lowest BCUT2D eigenvalue weighted by atomic mass is 10.0. The minimum atomic E-state index is -6.47. The van der Waals surface area contributed by atoms with Crippen LogP contribution >= 0.6 is 10.3 Å². The maximum Gasteiger partial charge on any atom is 0.523 e. The minimum Gasteiger partial charge on any atom is -0.196 e. The van der Waals surface area contributed by atoms with E-state index in [1.165, 1.54) is 13.0 Å². The number of hydrogen-bond acceptors (Lipinski definition) is 3. The average molecular weight is 422 g/mol. The molecule has 26 heavy (non-hydrogen) atoms. The van der Waals surface area contributed by atoms with Crippen molar-refractivity contribution in [2.75, 3.05) is 0 Å². The van der Waals surface area contributed by atoms with Crippen molar-refractivity contribution in [2.45, 2.75) is 49.0 Å². The normalized spacial score (nSPS) is 23.5. The van der Waals surface area contributed by atoms with Gasteiger partial charge < -0.3 is 0 Å². The zero-order valence-corrected chi connectivity index (χ0v) is 15.5. The second-order valence-corrected chi connectivity index (χ2v) is 10.3. The number of hydrogen-bond donors (Lipinski definition) is 0. The first-order valence-corrected chi connectivity index (χ1v) is 10.4. The molecule has 0 fully saturated rings. The van der Waals surface area contributed by atoms with Gasteiger partial charge in [0.1, 0.15) is 0 Å². The lowest BCUT2D eigenvalue weighted by Crippen LogP contribution is -2.32. The molecule has 3 nitrogen and oxygen atoms in total. The monoisotopic (exact) mass is 422 g/mol. The molecule has 0 bridgehead atoms. The number of halogens is 6. The number of alkyl halides is 6. The summed E-state index contributed by atoms with van der Waals surface area (Å²) in [6.07, 6.45) is 0.752. The zero-order valence-electron chi connectivity index (χ0n) is 13.9. The molecule has 1 aliphatic rings. The van der Waals surface area contributed by atoms with Crippen molar-refractivity contribution < 1.29 is 38.4 Å². The summed E-state index contributed by atoms with van der Waals surface area (Å²) in [5, 5.41) is 0. The largest absolute Gasteiger partial charge is 0.523 e. The molecule has 2 rings (SSSR count). The van der Waals surface area contributed by atoms with Crippen molar-refractivity contribution in [1.29, 1.82) is 0 Å². The SMILES string of the molecule is CCC1=Cc2ccc(C(C)C)cc2S1(OS(=O)(=O)C(F)(F)F)C(F)(F)F. The van der Waals surface area contributed by atoms with E-state index in [2.05, 4.69) is 3.63 Å². The van der Waals surface area contributed by atoms with Crippen molar-refractivity contribution in [3.05, 3.63) is 34.2 Å². The van der Waals surface area contributed by atoms with Gasteiger partial charge in [-0.1, -0.05) is 32.9 Å². The third-order valence-electron chi connectivity index (χ3n) is 3.85. The van der Waals surface area contributed by atoms with Crippen molar-refractivity contribution in [2.24, 2.45) is 0 Å². The van der Waals surface area contributed by atoms with Gasteiger partial charge in [-0.25, -0.2) is 0 Å². The Hall–Kier alpha value is -1.20. The molecule has 1 heterocycles. The number of fused-ring (bicyclic) bond motifs is 1. The molecule has 0 aliphatic carbocycles. The summed E-state index contributed by atoms with van der Waals surface area (Å²) in [5.41, 5.74) is -10.9. The van der Waals surface area contributed by atoms with Gasteiger partial charge in [-0.15, -0.1) is 0 Å². The summed E-state index contributed by atoms with van der Waals surface area (Å²) >= 11 is 0. The van der Waals surface area contributed by atoms with Gasteiger partial charge in [-0.05, 0) is 35.6 Å². The van der Waals surface area contributed by atoms with Crippen LogP contribution in [0.15, 0.2) is 28.0 Å². The summed E-state index contributed by atoms with van der Waals surface area (Å²) in [4.78, 5) is -1.09. The van der Waals surface area contributed by atoms with Crippen LogP contribution in [0.2, 0.25) is 0 Å². The molecule has 1 unspecified atom stereocenters. The molecule has 0 aromatic heterocycles. The Balaban J connectivity index is 2.81. The van der Waals surface area contributed by atoms with Crippen molar-refractivity contribution >= 4 is 26.5 Å². The van der Waals surface area contributed by atoms with E-state index in [-0.39, 0.29) is 17.9 Å². The molecule has 0 amide bonds. The molecule has 0 spiro atoms. The van der Waals surface area contributed by atoms with E-state index < -0.39 is 41.2 Å². The van der Waals surface area contributed by atoms with Crippen LogP contribution in [0, 0.1) is 0 Å². The quantitative estimate of drug-likeness (QED) is 0.439. The van der Waals surface area contributed by atoms with Crippen LogP contribution in [-0.4, -0.2) is 19.4 Å². The van der Waals surface area contributed by atoms with Crippen molar-refractivity contribution in [3.63, 3.8) is 0 Å². The summed E-state index contributed by atoms with van der Waals surface area (Å²) in [5.74, 6) is -0.212.